The first-order valence-corrected chi connectivity index (χ1v) is 10.0. The van der Waals surface area contributed by atoms with E-state index in [2.05, 4.69) is 0 Å². The van der Waals surface area contributed by atoms with Gasteiger partial charge < -0.3 is 9.47 Å². The second-order valence-electron chi connectivity index (χ2n) is 7.02. The molecule has 0 radical (unpaired) electrons. The smallest absolute Gasteiger partial charge is 0.231 e. The van der Waals surface area contributed by atoms with Gasteiger partial charge in [-0.15, -0.1) is 0 Å². The molecule has 0 atom stereocenters. The molecular formula is C23H11Cl2F5O3. The molecule has 0 unspecified atom stereocenters. The van der Waals surface area contributed by atoms with E-state index in [1.165, 1.54) is 25.1 Å². The zero-order valence-electron chi connectivity index (χ0n) is 16.5. The van der Waals surface area contributed by atoms with E-state index in [1.54, 1.807) is 18.2 Å². The van der Waals surface area contributed by atoms with E-state index in [0.717, 1.165) is 0 Å². The monoisotopic (exact) mass is 500 g/mol. The predicted octanol–water partition coefficient (Wildman–Crippen LogP) is 7.19. The van der Waals surface area contributed by atoms with Crippen LogP contribution in [0.25, 0.3) is 6.08 Å². The highest BCUT2D eigenvalue weighted by molar-refractivity contribution is 6.42. The zero-order valence-corrected chi connectivity index (χ0v) is 18.1. The van der Waals surface area contributed by atoms with Gasteiger partial charge in [-0.3, -0.25) is 4.79 Å². The summed E-state index contributed by atoms with van der Waals surface area (Å²) in [6.07, 6.45) is 1.46. The maximum Gasteiger partial charge on any atom is 0.231 e. The zero-order chi connectivity index (χ0) is 24.0. The van der Waals surface area contributed by atoms with E-state index in [1.807, 2.05) is 0 Å². The Morgan fingerprint density at radius 2 is 1.55 bits per heavy atom. The molecule has 0 fully saturated rings. The van der Waals surface area contributed by atoms with Crippen LogP contribution in [0.3, 0.4) is 0 Å². The first-order chi connectivity index (χ1) is 15.6. The predicted molar refractivity (Wildman–Crippen MR) is 111 cm³/mol. The lowest BCUT2D eigenvalue weighted by atomic mass is 10.1. The molecule has 1 aliphatic heterocycles. The number of hydrogen-bond acceptors (Lipinski definition) is 3. The Hall–Kier alpha value is -3.10. The molecule has 3 nitrogen and oxygen atoms in total. The van der Waals surface area contributed by atoms with Gasteiger partial charge in [0.25, 0.3) is 0 Å². The van der Waals surface area contributed by atoms with E-state index in [-0.39, 0.29) is 27.8 Å². The van der Waals surface area contributed by atoms with Gasteiger partial charge >= 0.3 is 0 Å². The number of hydrogen-bond donors (Lipinski definition) is 0. The van der Waals surface area contributed by atoms with Crippen molar-refractivity contribution in [1.82, 2.24) is 0 Å². The minimum absolute atomic E-state index is 0.0107. The van der Waals surface area contributed by atoms with E-state index in [9.17, 15) is 26.7 Å². The van der Waals surface area contributed by atoms with Gasteiger partial charge in [0, 0.05) is 5.56 Å². The van der Waals surface area contributed by atoms with Crippen LogP contribution in [0, 0.1) is 36.0 Å². The van der Waals surface area contributed by atoms with E-state index >= 15 is 0 Å². The molecule has 170 valence electrons. The normalized spacial score (nSPS) is 13.9. The number of Topliss-reactive ketones (excluding diaryl/α,β-unsaturated/α-hetero) is 1. The third-order valence-corrected chi connectivity index (χ3v) is 5.69. The Kier molecular flexibility index (Phi) is 6.07. The second kappa shape index (κ2) is 8.68. The molecule has 10 heteroatoms. The standard InChI is InChI=1S/C23H11Cl2F5O3/c1-9-15(32-8-12-17(26)19(28)21(30)20(29)18(12)27)5-3-11-22(31)16(33-23(9)11)7-10-2-4-13(24)14(25)6-10/h2-7H,8H2,1H3/b16-7-. The Bertz CT molecular complexity index is 1330. The van der Waals surface area contributed by atoms with Crippen molar-refractivity contribution in [3.8, 4) is 11.5 Å². The van der Waals surface area contributed by atoms with Gasteiger partial charge in [0.05, 0.1) is 21.2 Å². The minimum atomic E-state index is -2.25. The molecule has 1 heterocycles. The van der Waals surface area contributed by atoms with E-state index in [0.29, 0.717) is 16.1 Å². The van der Waals surface area contributed by atoms with Gasteiger partial charge in [0.15, 0.2) is 29.0 Å². The number of allylic oxidation sites excluding steroid dienone is 1. The van der Waals surface area contributed by atoms with E-state index in [4.69, 9.17) is 32.7 Å². The molecule has 33 heavy (non-hydrogen) atoms. The average molecular weight is 501 g/mol. The van der Waals surface area contributed by atoms with Crippen molar-refractivity contribution in [3.05, 3.63) is 97.5 Å². The number of rotatable bonds is 4. The van der Waals surface area contributed by atoms with Gasteiger partial charge in [-0.2, -0.15) is 0 Å². The summed E-state index contributed by atoms with van der Waals surface area (Å²) in [6.45, 7) is 0.577. The fraction of sp³-hybridized carbons (Fsp3) is 0.0870. The summed E-state index contributed by atoms with van der Waals surface area (Å²) in [6, 6.07) is 7.44. The van der Waals surface area contributed by atoms with Crippen molar-refractivity contribution in [2.45, 2.75) is 13.5 Å². The number of ketones is 1. The molecule has 0 saturated carbocycles. The first-order valence-electron chi connectivity index (χ1n) is 9.26. The second-order valence-corrected chi connectivity index (χ2v) is 7.83. The van der Waals surface area contributed by atoms with Crippen LogP contribution in [0.15, 0.2) is 36.1 Å². The van der Waals surface area contributed by atoms with Gasteiger partial charge in [0.1, 0.15) is 18.1 Å². The summed E-state index contributed by atoms with van der Waals surface area (Å²) in [5.74, 6) is -10.6. The molecule has 3 aromatic rings. The summed E-state index contributed by atoms with van der Waals surface area (Å²) in [5.41, 5.74) is -0.0610. The van der Waals surface area contributed by atoms with Crippen LogP contribution in [0.5, 0.6) is 11.5 Å². The highest BCUT2D eigenvalue weighted by atomic mass is 35.5. The molecular weight excluding hydrogens is 490 g/mol. The lowest BCUT2D eigenvalue weighted by Crippen LogP contribution is -2.10. The van der Waals surface area contributed by atoms with Gasteiger partial charge in [-0.25, -0.2) is 22.0 Å². The van der Waals surface area contributed by atoms with E-state index < -0.39 is 47.0 Å². The molecule has 4 rings (SSSR count). The highest BCUT2D eigenvalue weighted by Crippen LogP contribution is 2.40. The fourth-order valence-electron chi connectivity index (χ4n) is 3.20. The molecule has 0 aliphatic carbocycles. The molecule has 1 aliphatic rings. The lowest BCUT2D eigenvalue weighted by Gasteiger charge is -2.13. The van der Waals surface area contributed by atoms with Gasteiger partial charge in [0.2, 0.25) is 11.6 Å². The molecule has 0 aromatic heterocycles. The summed E-state index contributed by atoms with van der Waals surface area (Å²) in [7, 11) is 0. The van der Waals surface area contributed by atoms with Crippen LogP contribution in [-0.2, 0) is 6.61 Å². The van der Waals surface area contributed by atoms with Crippen LogP contribution in [0.4, 0.5) is 22.0 Å². The highest BCUT2D eigenvalue weighted by Gasteiger charge is 2.31. The Labute approximate surface area is 193 Å². The number of fused-ring (bicyclic) bond motifs is 1. The van der Waals surface area contributed by atoms with Crippen molar-refractivity contribution in [2.24, 2.45) is 0 Å². The van der Waals surface area contributed by atoms with Crippen molar-refractivity contribution < 1.29 is 36.2 Å². The molecule has 0 N–H and O–H groups in total. The number of carbonyl (C=O) groups is 1. The fourth-order valence-corrected chi connectivity index (χ4v) is 3.51. The molecule has 0 amide bonds. The van der Waals surface area contributed by atoms with Crippen molar-refractivity contribution in [2.75, 3.05) is 0 Å². The third kappa shape index (κ3) is 4.05. The summed E-state index contributed by atoms with van der Waals surface area (Å²) >= 11 is 11.9. The number of ether oxygens (including phenoxy) is 2. The average Bonchev–Trinajstić information content (AvgIpc) is 3.11. The maximum absolute atomic E-state index is 13.9. The van der Waals surface area contributed by atoms with Gasteiger partial charge in [-0.1, -0.05) is 29.3 Å². The van der Waals surface area contributed by atoms with Crippen molar-refractivity contribution >= 4 is 35.1 Å². The van der Waals surface area contributed by atoms with Crippen molar-refractivity contribution in [3.63, 3.8) is 0 Å². The largest absolute Gasteiger partial charge is 0.488 e. The summed E-state index contributed by atoms with van der Waals surface area (Å²) < 4.78 is 78.8. The third-order valence-electron chi connectivity index (χ3n) is 4.95. The topological polar surface area (TPSA) is 35.5 Å². The van der Waals surface area contributed by atoms with Gasteiger partial charge in [-0.05, 0) is 42.8 Å². The quantitative estimate of drug-likeness (QED) is 0.164. The number of carbonyl (C=O) groups excluding carboxylic acids is 1. The Morgan fingerprint density at radius 1 is 0.909 bits per heavy atom. The molecule has 0 saturated heterocycles. The SMILES string of the molecule is Cc1c(OCc2c(F)c(F)c(F)c(F)c2F)ccc2c1O/C(=C\c1ccc(Cl)c(Cl)c1)C2=O. The lowest BCUT2D eigenvalue weighted by molar-refractivity contribution is 0.101. The Balaban J connectivity index is 1.61. The van der Waals surface area contributed by atoms with Crippen molar-refractivity contribution in [1.29, 1.82) is 0 Å². The van der Waals surface area contributed by atoms with Crippen LogP contribution in [0.1, 0.15) is 27.0 Å². The summed E-state index contributed by atoms with van der Waals surface area (Å²) in [4.78, 5) is 12.7. The van der Waals surface area contributed by atoms with Crippen LogP contribution >= 0.6 is 23.2 Å². The first kappa shape index (κ1) is 23.1. The number of benzene rings is 3. The number of halogens is 7. The van der Waals surface area contributed by atoms with Crippen LogP contribution < -0.4 is 9.47 Å². The van der Waals surface area contributed by atoms with Crippen LogP contribution in [0.2, 0.25) is 10.0 Å². The molecule has 0 bridgehead atoms. The molecule has 0 spiro atoms. The molecule has 3 aromatic carbocycles. The maximum atomic E-state index is 13.9. The minimum Gasteiger partial charge on any atom is -0.488 e. The summed E-state index contributed by atoms with van der Waals surface area (Å²) in [5, 5.41) is 0.626. The van der Waals surface area contributed by atoms with Crippen LogP contribution in [-0.4, -0.2) is 5.78 Å². The Morgan fingerprint density at radius 3 is 2.18 bits per heavy atom.